The number of hydrogen-bond acceptors (Lipinski definition) is 4. The number of carbonyl (C=O) groups excluding carboxylic acids is 2. The molecule has 0 aliphatic carbocycles. The minimum absolute atomic E-state index is 0.00945. The zero-order valence-corrected chi connectivity index (χ0v) is 15.6. The van der Waals surface area contributed by atoms with Crippen LogP contribution in [0.3, 0.4) is 0 Å². The van der Waals surface area contributed by atoms with Crippen LogP contribution in [0.1, 0.15) is 39.2 Å². The van der Waals surface area contributed by atoms with E-state index in [0.717, 1.165) is 5.75 Å². The van der Waals surface area contributed by atoms with E-state index in [4.69, 9.17) is 4.74 Å². The van der Waals surface area contributed by atoms with Crippen molar-refractivity contribution in [3.8, 4) is 5.75 Å². The lowest BCUT2D eigenvalue weighted by Gasteiger charge is -2.40. The number of rotatable bonds is 6. The molecule has 1 fully saturated rings. The predicted molar refractivity (Wildman–Crippen MR) is 97.0 cm³/mol. The monoisotopic (exact) mass is 350 g/mol. The van der Waals surface area contributed by atoms with Crippen LogP contribution in [-0.2, 0) is 15.0 Å². The Morgan fingerprint density at radius 3 is 2.54 bits per heavy atom. The molecule has 0 aromatic heterocycles. The molecule has 1 aromatic carbocycles. The number of likely N-dealkylation sites (tertiary alicyclic amines) is 1. The van der Waals surface area contributed by atoms with Crippen LogP contribution in [0, 0.1) is 0 Å². The molecule has 2 rings (SSSR count). The van der Waals surface area contributed by atoms with E-state index in [1.54, 1.807) is 11.2 Å². The largest absolute Gasteiger partial charge is 0.486 e. The average Bonchev–Trinajstić information content (AvgIpc) is 2.48. The van der Waals surface area contributed by atoms with Crippen LogP contribution in [0.4, 0.5) is 0 Å². The van der Waals surface area contributed by atoms with Crippen LogP contribution in [0.5, 0.6) is 5.75 Å². The van der Waals surface area contributed by atoms with E-state index in [9.17, 15) is 9.59 Å². The second-order valence-corrected chi connectivity index (χ2v) is 7.63. The Labute approximate surface area is 148 Å². The third kappa shape index (κ3) is 4.90. The van der Waals surface area contributed by atoms with Gasteiger partial charge in [-0.15, -0.1) is 0 Å². The molecule has 5 nitrogen and oxygen atoms in total. The smallest absolute Gasteiger partial charge is 0.230 e. The zero-order valence-electron chi connectivity index (χ0n) is 14.8. The van der Waals surface area contributed by atoms with Crippen LogP contribution < -0.4 is 9.46 Å². The van der Waals surface area contributed by atoms with Crippen molar-refractivity contribution in [2.75, 3.05) is 19.3 Å². The maximum Gasteiger partial charge on any atom is 0.230 e. The number of amides is 2. The highest BCUT2D eigenvalue weighted by Gasteiger charge is 2.33. The highest BCUT2D eigenvalue weighted by molar-refractivity contribution is 7.97. The van der Waals surface area contributed by atoms with Crippen molar-refractivity contribution >= 4 is 23.8 Å². The molecule has 1 aromatic rings. The van der Waals surface area contributed by atoms with Crippen molar-refractivity contribution in [2.45, 2.75) is 45.1 Å². The van der Waals surface area contributed by atoms with Gasteiger partial charge in [-0.25, -0.2) is 0 Å². The van der Waals surface area contributed by atoms with Gasteiger partial charge < -0.3 is 14.4 Å². The third-order valence-corrected chi connectivity index (χ3v) is 4.40. The number of benzene rings is 1. The molecular weight excluding hydrogens is 324 g/mol. The molecule has 0 spiro atoms. The van der Waals surface area contributed by atoms with Gasteiger partial charge >= 0.3 is 0 Å². The van der Waals surface area contributed by atoms with Crippen molar-refractivity contribution in [3.05, 3.63) is 29.8 Å². The minimum atomic E-state index is -0.108. The summed E-state index contributed by atoms with van der Waals surface area (Å²) >= 11 is 1.25. The minimum Gasteiger partial charge on any atom is -0.486 e. The first-order valence-corrected chi connectivity index (χ1v) is 9.39. The summed E-state index contributed by atoms with van der Waals surface area (Å²) in [4.78, 5) is 25.2. The van der Waals surface area contributed by atoms with Crippen molar-refractivity contribution in [2.24, 2.45) is 0 Å². The van der Waals surface area contributed by atoms with Gasteiger partial charge in [-0.1, -0.05) is 50.9 Å². The SMILES string of the molecule is CSNC(=O)CCC(=O)N1CC(Oc2ccccc2C(C)(C)C)C1. The van der Waals surface area contributed by atoms with Gasteiger partial charge in [0.15, 0.2) is 0 Å². The number of hydrogen-bond donors (Lipinski definition) is 1. The van der Waals surface area contributed by atoms with Crippen molar-refractivity contribution in [1.29, 1.82) is 0 Å². The highest BCUT2D eigenvalue weighted by atomic mass is 32.2. The van der Waals surface area contributed by atoms with Gasteiger partial charge in [0.05, 0.1) is 13.1 Å². The maximum absolute atomic E-state index is 12.0. The Kier molecular flexibility index (Phi) is 6.15. The second-order valence-electron chi connectivity index (χ2n) is 7.01. The summed E-state index contributed by atoms with van der Waals surface area (Å²) in [7, 11) is 0. The summed E-state index contributed by atoms with van der Waals surface area (Å²) in [5, 5.41) is 0. The Hall–Kier alpha value is -1.69. The van der Waals surface area contributed by atoms with Crippen molar-refractivity contribution in [3.63, 3.8) is 0 Å². The van der Waals surface area contributed by atoms with Crippen LogP contribution in [-0.4, -0.2) is 42.2 Å². The van der Waals surface area contributed by atoms with Gasteiger partial charge in [0.2, 0.25) is 11.8 Å². The lowest BCUT2D eigenvalue weighted by atomic mass is 9.86. The topological polar surface area (TPSA) is 58.6 Å². The molecule has 0 atom stereocenters. The summed E-state index contributed by atoms with van der Waals surface area (Å²) in [5.74, 6) is 0.792. The Morgan fingerprint density at radius 1 is 1.25 bits per heavy atom. The summed E-state index contributed by atoms with van der Waals surface area (Å²) in [6.07, 6.45) is 2.29. The molecule has 132 valence electrons. The normalized spacial score (nSPS) is 14.9. The molecule has 0 bridgehead atoms. The fraction of sp³-hybridized carbons (Fsp3) is 0.556. The summed E-state index contributed by atoms with van der Waals surface area (Å²) < 4.78 is 8.70. The van der Waals surface area contributed by atoms with Crippen molar-refractivity contribution in [1.82, 2.24) is 9.62 Å². The van der Waals surface area contributed by atoms with Crippen LogP contribution in [0.25, 0.3) is 0 Å². The number of carbonyl (C=O) groups is 2. The average molecular weight is 350 g/mol. The predicted octanol–water partition coefficient (Wildman–Crippen LogP) is 2.75. The summed E-state index contributed by atoms with van der Waals surface area (Å²) in [5.41, 5.74) is 1.18. The first kappa shape index (κ1) is 18.6. The first-order chi connectivity index (χ1) is 11.3. The van der Waals surface area contributed by atoms with Gasteiger partial charge in [0.25, 0.3) is 0 Å². The second kappa shape index (κ2) is 7.92. The third-order valence-electron chi connectivity index (χ3n) is 3.97. The first-order valence-electron chi connectivity index (χ1n) is 8.17. The van der Waals surface area contributed by atoms with E-state index in [-0.39, 0.29) is 36.2 Å². The van der Waals surface area contributed by atoms with E-state index in [1.807, 2.05) is 18.2 Å². The molecule has 24 heavy (non-hydrogen) atoms. The molecule has 0 radical (unpaired) electrons. The van der Waals surface area contributed by atoms with E-state index in [1.165, 1.54) is 17.5 Å². The summed E-state index contributed by atoms with van der Waals surface area (Å²) in [6, 6.07) is 8.05. The van der Waals surface area contributed by atoms with E-state index in [2.05, 4.69) is 31.6 Å². The number of ether oxygens (including phenoxy) is 1. The highest BCUT2D eigenvalue weighted by Crippen LogP contribution is 2.32. The fourth-order valence-electron chi connectivity index (χ4n) is 2.63. The Bertz CT molecular complexity index is 592. The maximum atomic E-state index is 12.0. The van der Waals surface area contributed by atoms with Crippen LogP contribution in [0.15, 0.2) is 24.3 Å². The molecule has 0 saturated carbocycles. The molecule has 2 amide bonds. The van der Waals surface area contributed by atoms with Crippen LogP contribution in [0.2, 0.25) is 0 Å². The van der Waals surface area contributed by atoms with Gasteiger partial charge in [-0.3, -0.25) is 9.59 Å². The molecule has 1 aliphatic rings. The number of nitrogens with zero attached hydrogens (tertiary/aromatic N) is 1. The van der Waals surface area contributed by atoms with Gasteiger partial charge in [-0.2, -0.15) is 0 Å². The molecule has 1 N–H and O–H groups in total. The Balaban J connectivity index is 1.81. The summed E-state index contributed by atoms with van der Waals surface area (Å²) in [6.45, 7) is 7.64. The quantitative estimate of drug-likeness (QED) is 0.802. The molecule has 1 heterocycles. The van der Waals surface area contributed by atoms with E-state index >= 15 is 0 Å². The molecule has 6 heteroatoms. The standard InChI is InChI=1S/C18H26N2O3S/c1-18(2,3)14-7-5-6-8-15(14)23-13-11-20(12-13)17(22)10-9-16(21)19-24-4/h5-8,13H,9-12H2,1-4H3,(H,19,21). The Morgan fingerprint density at radius 2 is 1.92 bits per heavy atom. The zero-order chi connectivity index (χ0) is 17.7. The molecule has 1 aliphatic heterocycles. The fourth-order valence-corrected chi connectivity index (χ4v) is 2.96. The van der Waals surface area contributed by atoms with Gasteiger partial charge in [0.1, 0.15) is 11.9 Å². The van der Waals surface area contributed by atoms with E-state index in [0.29, 0.717) is 13.1 Å². The lowest BCUT2D eigenvalue weighted by molar-refractivity contribution is -0.141. The molecular formula is C18H26N2O3S. The van der Waals surface area contributed by atoms with Gasteiger partial charge in [0, 0.05) is 19.1 Å². The van der Waals surface area contributed by atoms with Crippen molar-refractivity contribution < 1.29 is 14.3 Å². The van der Waals surface area contributed by atoms with E-state index < -0.39 is 0 Å². The molecule has 0 unspecified atom stereocenters. The number of nitrogens with one attached hydrogen (secondary N) is 1. The van der Waals surface area contributed by atoms with Gasteiger partial charge in [-0.05, 0) is 17.0 Å². The number of para-hydroxylation sites is 1. The molecule has 1 saturated heterocycles. The van der Waals surface area contributed by atoms with Crippen LogP contribution >= 0.6 is 11.9 Å². The lowest BCUT2D eigenvalue weighted by Crippen LogP contribution is -2.56.